The molecule has 0 saturated carbocycles. The Labute approximate surface area is 151 Å². The highest BCUT2D eigenvalue weighted by atomic mass is 35.5. The molecule has 0 heterocycles. The maximum atomic E-state index is 11.0. The fourth-order valence-electron chi connectivity index (χ4n) is 1.45. The van der Waals surface area contributed by atoms with E-state index in [1.54, 1.807) is 37.3 Å². The van der Waals surface area contributed by atoms with E-state index in [1.165, 1.54) is 0 Å². The van der Waals surface area contributed by atoms with Gasteiger partial charge >= 0.3 is 0 Å². The van der Waals surface area contributed by atoms with Gasteiger partial charge in [-0.05, 0) is 30.3 Å². The van der Waals surface area contributed by atoms with E-state index in [2.05, 4.69) is 5.32 Å². The number of halogens is 1. The summed E-state index contributed by atoms with van der Waals surface area (Å²) < 4.78 is 0. The molecule has 3 N–H and O–H groups in total. The van der Waals surface area contributed by atoms with Crippen LogP contribution in [0.3, 0.4) is 0 Å². The van der Waals surface area contributed by atoms with Crippen LogP contribution in [-0.4, -0.2) is 22.9 Å². The molecule has 2 aromatic carbocycles. The summed E-state index contributed by atoms with van der Waals surface area (Å²) in [4.78, 5) is 11.0. The van der Waals surface area contributed by atoms with E-state index in [-0.39, 0.29) is 5.91 Å². The average Bonchev–Trinajstić information content (AvgIpc) is 2.63. The molecule has 130 valence electrons. The van der Waals surface area contributed by atoms with E-state index in [1.807, 2.05) is 30.3 Å². The summed E-state index contributed by atoms with van der Waals surface area (Å²) in [7, 11) is 0. The highest BCUT2D eigenvalue weighted by Gasteiger charge is 2.02. The van der Waals surface area contributed by atoms with Gasteiger partial charge < -0.3 is 15.5 Å². The van der Waals surface area contributed by atoms with E-state index in [0.717, 1.165) is 0 Å². The van der Waals surface area contributed by atoms with Crippen LogP contribution in [0.25, 0.3) is 0 Å². The Morgan fingerprint density at radius 3 is 2.12 bits per heavy atom. The Morgan fingerprint density at radius 2 is 1.72 bits per heavy atom. The van der Waals surface area contributed by atoms with Crippen LogP contribution in [0.2, 0.25) is 5.02 Å². The normalized spacial score (nSPS) is 8.40. The Kier molecular flexibility index (Phi) is 12.0. The molecule has 0 bridgehead atoms. The van der Waals surface area contributed by atoms with Crippen LogP contribution in [-0.2, 0) is 4.79 Å². The maximum absolute atomic E-state index is 11.0. The lowest BCUT2D eigenvalue weighted by atomic mass is 10.2. The molecule has 2 aromatic rings. The molecule has 2 rings (SSSR count). The van der Waals surface area contributed by atoms with Gasteiger partial charge in [-0.2, -0.15) is 10.5 Å². The third-order valence-corrected chi connectivity index (χ3v) is 2.91. The van der Waals surface area contributed by atoms with Gasteiger partial charge in [0.25, 0.3) is 0 Å². The number of benzene rings is 2. The predicted octanol–water partition coefficient (Wildman–Crippen LogP) is 3.05. The topological polar surface area (TPSA) is 117 Å². The summed E-state index contributed by atoms with van der Waals surface area (Å²) in [5, 5.41) is 34.2. The number of carbonyl (C=O) groups is 1. The number of aliphatic hydroxyl groups is 2. The second-order valence-corrected chi connectivity index (χ2v) is 4.73. The molecule has 0 atom stereocenters. The first-order valence-corrected chi connectivity index (χ1v) is 7.56. The number of rotatable bonds is 2. The Hall–Kier alpha value is -2.90. The quantitative estimate of drug-likeness (QED) is 0.712. The van der Waals surface area contributed by atoms with Crippen LogP contribution < -0.4 is 5.32 Å². The Bertz CT molecular complexity index is 737. The number of nitrogens with one attached hydrogen (secondary N) is 1. The zero-order chi connectivity index (χ0) is 19.1. The SMILES string of the molecule is CCC(=O)Nc1ccc(C#N)c(Cl)c1.N#Cc1ccccc1.OCO. The van der Waals surface area contributed by atoms with Crippen molar-refractivity contribution in [3.8, 4) is 12.1 Å². The minimum atomic E-state index is -0.750. The van der Waals surface area contributed by atoms with Crippen molar-refractivity contribution in [1.82, 2.24) is 0 Å². The van der Waals surface area contributed by atoms with Crippen LogP contribution in [0, 0.1) is 22.7 Å². The lowest BCUT2D eigenvalue weighted by Crippen LogP contribution is -2.09. The van der Waals surface area contributed by atoms with E-state index in [4.69, 9.17) is 32.3 Å². The summed E-state index contributed by atoms with van der Waals surface area (Å²) in [6.07, 6.45) is 0.414. The van der Waals surface area contributed by atoms with Crippen LogP contribution in [0.4, 0.5) is 5.69 Å². The van der Waals surface area contributed by atoms with Crippen LogP contribution >= 0.6 is 11.6 Å². The number of carbonyl (C=O) groups excluding carboxylic acids is 1. The standard InChI is InChI=1S/C10H9ClN2O.C7H5N.CH4O2/c1-2-10(14)13-8-4-3-7(6-12)9(11)5-8;8-6-7-4-2-1-3-5-7;2-1-3/h3-5H,2H2,1H3,(H,13,14);1-5H;2-3H,1H2. The van der Waals surface area contributed by atoms with Gasteiger partial charge in [0.1, 0.15) is 12.9 Å². The third kappa shape index (κ3) is 9.75. The molecule has 0 saturated heterocycles. The second-order valence-electron chi connectivity index (χ2n) is 4.33. The second kappa shape index (κ2) is 13.5. The van der Waals surface area contributed by atoms with Gasteiger partial charge in [0.2, 0.25) is 5.91 Å². The van der Waals surface area contributed by atoms with Crippen molar-refractivity contribution < 1.29 is 15.0 Å². The highest BCUT2D eigenvalue weighted by Crippen LogP contribution is 2.20. The minimum absolute atomic E-state index is 0.0780. The lowest BCUT2D eigenvalue weighted by molar-refractivity contribution is -0.115. The number of anilines is 1. The summed E-state index contributed by atoms with van der Waals surface area (Å²) in [5.41, 5.74) is 1.73. The van der Waals surface area contributed by atoms with Gasteiger partial charge in [0.15, 0.2) is 0 Å². The molecule has 25 heavy (non-hydrogen) atoms. The molecule has 0 unspecified atom stereocenters. The molecule has 1 amide bonds. The number of nitriles is 2. The number of hydrogen-bond acceptors (Lipinski definition) is 5. The number of hydrogen-bond donors (Lipinski definition) is 3. The predicted molar refractivity (Wildman–Crippen MR) is 95.5 cm³/mol. The fourth-order valence-corrected chi connectivity index (χ4v) is 1.67. The van der Waals surface area contributed by atoms with Crippen LogP contribution in [0.5, 0.6) is 0 Å². The van der Waals surface area contributed by atoms with Crippen LogP contribution in [0.1, 0.15) is 24.5 Å². The molecule has 0 aliphatic heterocycles. The van der Waals surface area contributed by atoms with Crippen molar-refractivity contribution in [2.45, 2.75) is 13.3 Å². The smallest absolute Gasteiger partial charge is 0.224 e. The minimum Gasteiger partial charge on any atom is -0.371 e. The van der Waals surface area contributed by atoms with Crippen molar-refractivity contribution in [1.29, 1.82) is 10.5 Å². The Morgan fingerprint density at radius 1 is 1.12 bits per heavy atom. The van der Waals surface area contributed by atoms with Gasteiger partial charge in [0, 0.05) is 12.1 Å². The van der Waals surface area contributed by atoms with Crippen molar-refractivity contribution in [2.24, 2.45) is 0 Å². The van der Waals surface area contributed by atoms with Crippen molar-refractivity contribution >= 4 is 23.2 Å². The first-order valence-electron chi connectivity index (χ1n) is 7.18. The van der Waals surface area contributed by atoms with Gasteiger partial charge in [-0.25, -0.2) is 0 Å². The zero-order valence-corrected chi connectivity index (χ0v) is 14.4. The van der Waals surface area contributed by atoms with E-state index >= 15 is 0 Å². The molecule has 0 radical (unpaired) electrons. The monoisotopic (exact) mass is 359 g/mol. The van der Waals surface area contributed by atoms with Gasteiger partial charge in [-0.1, -0.05) is 36.7 Å². The van der Waals surface area contributed by atoms with Gasteiger partial charge in [-0.3, -0.25) is 4.79 Å². The lowest BCUT2D eigenvalue weighted by Gasteiger charge is -2.03. The number of aliphatic hydroxyl groups excluding tert-OH is 1. The molecule has 0 spiro atoms. The zero-order valence-electron chi connectivity index (χ0n) is 13.6. The molecule has 0 aliphatic rings. The van der Waals surface area contributed by atoms with E-state index < -0.39 is 6.79 Å². The number of amides is 1. The average molecular weight is 360 g/mol. The van der Waals surface area contributed by atoms with Crippen molar-refractivity contribution in [2.75, 3.05) is 12.1 Å². The van der Waals surface area contributed by atoms with E-state index in [0.29, 0.717) is 28.3 Å². The molecule has 7 heteroatoms. The van der Waals surface area contributed by atoms with Crippen LogP contribution in [0.15, 0.2) is 48.5 Å². The van der Waals surface area contributed by atoms with Gasteiger partial charge in [0.05, 0.1) is 22.2 Å². The first kappa shape index (κ1) is 22.1. The van der Waals surface area contributed by atoms with Crippen molar-refractivity contribution in [3.05, 3.63) is 64.7 Å². The fraction of sp³-hybridized carbons (Fsp3) is 0.167. The molecule has 6 nitrogen and oxygen atoms in total. The largest absolute Gasteiger partial charge is 0.371 e. The summed E-state index contributed by atoms with van der Waals surface area (Å²) in [5.74, 6) is -0.0780. The molecular weight excluding hydrogens is 342 g/mol. The molecule has 0 aromatic heterocycles. The van der Waals surface area contributed by atoms with E-state index in [9.17, 15) is 4.79 Å². The number of nitrogens with zero attached hydrogens (tertiary/aromatic N) is 2. The van der Waals surface area contributed by atoms with Crippen molar-refractivity contribution in [3.63, 3.8) is 0 Å². The molecule has 0 fully saturated rings. The highest BCUT2D eigenvalue weighted by molar-refractivity contribution is 6.32. The first-order chi connectivity index (χ1) is 12.0. The third-order valence-electron chi connectivity index (χ3n) is 2.60. The van der Waals surface area contributed by atoms with Gasteiger partial charge in [-0.15, -0.1) is 0 Å². The Balaban J connectivity index is 0.000000440. The summed E-state index contributed by atoms with van der Waals surface area (Å²) >= 11 is 5.78. The molecule has 0 aliphatic carbocycles. The molecular formula is C18H18ClN3O3. The maximum Gasteiger partial charge on any atom is 0.224 e. The summed E-state index contributed by atoms with van der Waals surface area (Å²) in [6, 6.07) is 17.9. The summed E-state index contributed by atoms with van der Waals surface area (Å²) in [6.45, 7) is 1.01.